The minimum absolute atomic E-state index is 0.192. The van der Waals surface area contributed by atoms with Gasteiger partial charge in [-0.3, -0.25) is 0 Å². The number of nitrogens with one attached hydrogen (secondary N) is 2. The molecule has 164 valence electrons. The summed E-state index contributed by atoms with van der Waals surface area (Å²) in [5.74, 6) is 1.31. The van der Waals surface area contributed by atoms with E-state index < -0.39 is 0 Å². The van der Waals surface area contributed by atoms with E-state index in [9.17, 15) is 5.11 Å². The molecule has 0 atom stereocenters. The van der Waals surface area contributed by atoms with Crippen molar-refractivity contribution in [1.29, 1.82) is 0 Å². The Hall–Kier alpha value is -2.74. The molecule has 0 radical (unpaired) electrons. The highest BCUT2D eigenvalue weighted by Gasteiger charge is 2.20. The Morgan fingerprint density at radius 2 is 1.78 bits per heavy atom. The molecule has 4 aromatic rings. The van der Waals surface area contributed by atoms with Gasteiger partial charge in [0.2, 0.25) is 5.95 Å². The average Bonchev–Trinajstić information content (AvgIpc) is 3.17. The Labute approximate surface area is 195 Å². The zero-order chi connectivity index (χ0) is 21.9. The van der Waals surface area contributed by atoms with E-state index in [1.54, 1.807) is 11.3 Å². The normalized spacial score (nSPS) is 18.6. The standard InChI is InChI=1S/C24H24ClN5OS/c25-16-6-11-20-21(13-16)32-24(28-20)30-22-14-18(12-15-4-2-1-3-5-15)27-23(29-22)26-17-7-9-19(31)10-8-17/h1-6,11,13-14,17,19,31H,7-10,12H2,(H2,26,27,28,29,30)/t17-,19-. The van der Waals surface area contributed by atoms with Crippen molar-refractivity contribution in [2.24, 2.45) is 0 Å². The second kappa shape index (κ2) is 9.40. The summed E-state index contributed by atoms with van der Waals surface area (Å²) in [6.45, 7) is 0. The van der Waals surface area contributed by atoms with Gasteiger partial charge in [-0.1, -0.05) is 53.3 Å². The summed E-state index contributed by atoms with van der Waals surface area (Å²) < 4.78 is 1.03. The maximum atomic E-state index is 9.80. The predicted octanol–water partition coefficient (Wildman–Crippen LogP) is 5.79. The van der Waals surface area contributed by atoms with Crippen LogP contribution in [0.4, 0.5) is 16.9 Å². The summed E-state index contributed by atoms with van der Waals surface area (Å²) in [6, 6.07) is 18.2. The fourth-order valence-corrected chi connectivity index (χ4v) is 5.13. The van der Waals surface area contributed by atoms with Crippen LogP contribution in [0.2, 0.25) is 5.02 Å². The Bertz CT molecular complexity index is 1210. The number of nitrogens with zero attached hydrogens (tertiary/aromatic N) is 3. The van der Waals surface area contributed by atoms with Crippen LogP contribution in [0.5, 0.6) is 0 Å². The summed E-state index contributed by atoms with van der Waals surface area (Å²) in [7, 11) is 0. The number of aromatic nitrogens is 3. The zero-order valence-corrected chi connectivity index (χ0v) is 19.0. The van der Waals surface area contributed by atoms with E-state index in [-0.39, 0.29) is 12.1 Å². The van der Waals surface area contributed by atoms with Crippen LogP contribution in [0, 0.1) is 0 Å². The number of benzene rings is 2. The molecule has 0 aliphatic heterocycles. The van der Waals surface area contributed by atoms with Crippen LogP contribution in [0.1, 0.15) is 36.9 Å². The molecule has 1 aliphatic carbocycles. The van der Waals surface area contributed by atoms with Gasteiger partial charge in [-0.05, 0) is 49.4 Å². The van der Waals surface area contributed by atoms with Crippen LogP contribution in [0.15, 0.2) is 54.6 Å². The molecule has 8 heteroatoms. The highest BCUT2D eigenvalue weighted by Crippen LogP contribution is 2.30. The van der Waals surface area contributed by atoms with Gasteiger partial charge in [0, 0.05) is 23.6 Å². The Balaban J connectivity index is 1.42. The van der Waals surface area contributed by atoms with Gasteiger partial charge in [0.05, 0.1) is 22.0 Å². The number of hydrogen-bond donors (Lipinski definition) is 3. The molecular formula is C24H24ClN5OS. The molecule has 0 unspecified atom stereocenters. The summed E-state index contributed by atoms with van der Waals surface area (Å²) in [4.78, 5) is 14.2. The highest BCUT2D eigenvalue weighted by atomic mass is 35.5. The third-order valence-corrected chi connectivity index (χ3v) is 6.79. The van der Waals surface area contributed by atoms with E-state index in [4.69, 9.17) is 21.6 Å². The van der Waals surface area contributed by atoms with Crippen molar-refractivity contribution >= 4 is 50.1 Å². The molecule has 1 aliphatic rings. The van der Waals surface area contributed by atoms with Gasteiger partial charge in [-0.25, -0.2) is 9.97 Å². The molecule has 0 amide bonds. The Morgan fingerprint density at radius 1 is 0.969 bits per heavy atom. The highest BCUT2D eigenvalue weighted by molar-refractivity contribution is 7.22. The van der Waals surface area contributed by atoms with Crippen LogP contribution >= 0.6 is 22.9 Å². The van der Waals surface area contributed by atoms with Crippen LogP contribution in [-0.4, -0.2) is 32.2 Å². The number of halogens is 1. The summed E-state index contributed by atoms with van der Waals surface area (Å²) in [5.41, 5.74) is 3.02. The molecule has 0 bridgehead atoms. The quantitative estimate of drug-likeness (QED) is 0.334. The lowest BCUT2D eigenvalue weighted by molar-refractivity contribution is 0.126. The van der Waals surface area contributed by atoms with E-state index in [1.807, 2.05) is 42.5 Å². The molecule has 2 aromatic heterocycles. The molecule has 3 N–H and O–H groups in total. The molecule has 1 saturated carbocycles. The maximum Gasteiger partial charge on any atom is 0.225 e. The fourth-order valence-electron chi connectivity index (χ4n) is 3.99. The van der Waals surface area contributed by atoms with E-state index in [2.05, 4.69) is 27.8 Å². The molecule has 2 heterocycles. The van der Waals surface area contributed by atoms with Gasteiger partial charge in [-0.2, -0.15) is 4.98 Å². The molecule has 1 fully saturated rings. The number of aliphatic hydroxyl groups is 1. The SMILES string of the molecule is O[C@H]1CC[C@H](Nc2nc(Cc3ccccc3)cc(Nc3nc4ccc(Cl)cc4s3)n2)CC1. The van der Waals surface area contributed by atoms with Gasteiger partial charge < -0.3 is 15.7 Å². The number of thiazole rings is 1. The average molecular weight is 466 g/mol. The number of aliphatic hydroxyl groups excluding tert-OH is 1. The topological polar surface area (TPSA) is 83.0 Å². The smallest absolute Gasteiger partial charge is 0.225 e. The van der Waals surface area contributed by atoms with E-state index in [0.717, 1.165) is 46.7 Å². The first-order chi connectivity index (χ1) is 15.6. The van der Waals surface area contributed by atoms with Crippen molar-refractivity contribution in [3.63, 3.8) is 0 Å². The first-order valence-corrected chi connectivity index (χ1v) is 12.0. The van der Waals surface area contributed by atoms with Crippen LogP contribution in [0.25, 0.3) is 10.2 Å². The third kappa shape index (κ3) is 5.18. The molecule has 5 rings (SSSR count). The lowest BCUT2D eigenvalue weighted by Gasteiger charge is -2.26. The number of hydrogen-bond acceptors (Lipinski definition) is 7. The van der Waals surface area contributed by atoms with Crippen LogP contribution in [-0.2, 0) is 6.42 Å². The number of rotatable bonds is 6. The van der Waals surface area contributed by atoms with Gasteiger partial charge in [0.1, 0.15) is 5.82 Å². The molecule has 2 aromatic carbocycles. The van der Waals surface area contributed by atoms with Crippen molar-refractivity contribution in [3.05, 3.63) is 70.9 Å². The zero-order valence-electron chi connectivity index (χ0n) is 17.5. The van der Waals surface area contributed by atoms with Gasteiger partial charge in [-0.15, -0.1) is 0 Å². The molecular weight excluding hydrogens is 442 g/mol. The van der Waals surface area contributed by atoms with Crippen molar-refractivity contribution < 1.29 is 5.11 Å². The third-order valence-electron chi connectivity index (χ3n) is 5.62. The Kier molecular flexibility index (Phi) is 6.21. The van der Waals surface area contributed by atoms with Gasteiger partial charge in [0.25, 0.3) is 0 Å². The van der Waals surface area contributed by atoms with E-state index in [0.29, 0.717) is 23.2 Å². The molecule has 0 spiro atoms. The summed E-state index contributed by atoms with van der Waals surface area (Å²) in [5, 5.41) is 18.1. The minimum atomic E-state index is -0.192. The Morgan fingerprint density at radius 3 is 2.59 bits per heavy atom. The van der Waals surface area contributed by atoms with Crippen molar-refractivity contribution in [2.75, 3.05) is 10.6 Å². The fraction of sp³-hybridized carbons (Fsp3) is 0.292. The molecule has 0 saturated heterocycles. The predicted molar refractivity (Wildman–Crippen MR) is 131 cm³/mol. The monoisotopic (exact) mass is 465 g/mol. The largest absolute Gasteiger partial charge is 0.393 e. The van der Waals surface area contributed by atoms with Gasteiger partial charge in [0.15, 0.2) is 5.13 Å². The lowest BCUT2D eigenvalue weighted by atomic mass is 9.93. The first-order valence-electron chi connectivity index (χ1n) is 10.8. The summed E-state index contributed by atoms with van der Waals surface area (Å²) in [6.07, 6.45) is 3.96. The van der Waals surface area contributed by atoms with Crippen LogP contribution < -0.4 is 10.6 Å². The van der Waals surface area contributed by atoms with E-state index >= 15 is 0 Å². The van der Waals surface area contributed by atoms with Gasteiger partial charge >= 0.3 is 0 Å². The lowest BCUT2D eigenvalue weighted by Crippen LogP contribution is -2.29. The first kappa shape index (κ1) is 21.1. The maximum absolute atomic E-state index is 9.80. The summed E-state index contributed by atoms with van der Waals surface area (Å²) >= 11 is 7.66. The minimum Gasteiger partial charge on any atom is -0.393 e. The van der Waals surface area contributed by atoms with Crippen molar-refractivity contribution in [3.8, 4) is 0 Å². The number of anilines is 3. The van der Waals surface area contributed by atoms with E-state index in [1.165, 1.54) is 5.56 Å². The molecule has 6 nitrogen and oxygen atoms in total. The van der Waals surface area contributed by atoms with Crippen molar-refractivity contribution in [1.82, 2.24) is 15.0 Å². The molecule has 32 heavy (non-hydrogen) atoms. The second-order valence-electron chi connectivity index (χ2n) is 8.14. The second-order valence-corrected chi connectivity index (χ2v) is 9.60. The number of fused-ring (bicyclic) bond motifs is 1. The van der Waals surface area contributed by atoms with Crippen molar-refractivity contribution in [2.45, 2.75) is 44.2 Å². The van der Waals surface area contributed by atoms with Crippen LogP contribution in [0.3, 0.4) is 0 Å².